The maximum absolute atomic E-state index is 5.31. The molecule has 6 nitrogen and oxygen atoms in total. The van der Waals surface area contributed by atoms with Crippen LogP contribution >= 0.6 is 0 Å². The van der Waals surface area contributed by atoms with E-state index in [9.17, 15) is 0 Å². The van der Waals surface area contributed by atoms with Crippen molar-refractivity contribution >= 4 is 82.4 Å². The second-order valence-electron chi connectivity index (χ2n) is 21.3. The van der Waals surface area contributed by atoms with E-state index in [-0.39, 0.29) is 0 Å². The smallest absolute Gasteiger partial charge is 0.0730 e. The van der Waals surface area contributed by atoms with Gasteiger partial charge in [-0.15, -0.1) is 0 Å². The normalized spacial score (nSPS) is 12.0. The Morgan fingerprint density at radius 3 is 1.23 bits per heavy atom. The molecule has 82 heavy (non-hydrogen) atoms. The van der Waals surface area contributed by atoms with Crippen molar-refractivity contribution in [3.63, 3.8) is 0 Å². The molecule has 0 unspecified atom stereocenters. The Balaban J connectivity index is 0.915. The number of hydrogen-bond donors (Lipinski definition) is 0. The topological polar surface area (TPSA) is 45.5 Å². The number of nitrogens with zero attached hydrogens (tertiary/aromatic N) is 6. The summed E-state index contributed by atoms with van der Waals surface area (Å²) in [4.78, 5) is 10.6. The molecule has 0 aliphatic heterocycles. The molecule has 16 rings (SSSR count). The minimum atomic E-state index is 0.925. The predicted octanol–water partition coefficient (Wildman–Crippen LogP) is 19.7. The third-order valence-electron chi connectivity index (χ3n) is 16.6. The summed E-state index contributed by atoms with van der Waals surface area (Å²) in [6.07, 6.45) is 4.43. The van der Waals surface area contributed by atoms with E-state index in [1.54, 1.807) is 0 Å². The van der Waals surface area contributed by atoms with E-state index < -0.39 is 0 Å². The van der Waals surface area contributed by atoms with Gasteiger partial charge in [-0.25, -0.2) is 9.97 Å². The van der Waals surface area contributed by atoms with Gasteiger partial charge in [0.15, 0.2) is 0 Å². The van der Waals surface area contributed by atoms with E-state index in [2.05, 4.69) is 311 Å². The van der Waals surface area contributed by atoms with Gasteiger partial charge >= 0.3 is 0 Å². The van der Waals surface area contributed by atoms with Gasteiger partial charge in [0.1, 0.15) is 0 Å². The molecule has 0 saturated heterocycles. The molecule has 0 radical (unpaired) electrons. The van der Waals surface area contributed by atoms with Gasteiger partial charge in [0.2, 0.25) is 0 Å². The van der Waals surface area contributed by atoms with Crippen LogP contribution in [0.2, 0.25) is 0 Å². The van der Waals surface area contributed by atoms with Crippen LogP contribution in [0.1, 0.15) is 18.2 Å². The minimum Gasteiger partial charge on any atom is -0.313 e. The fraction of sp³-hybridized carbons (Fsp3) is 0.0263. The highest BCUT2D eigenvalue weighted by Crippen LogP contribution is 2.45. The number of fused-ring (bicyclic) bond motifs is 11. The van der Waals surface area contributed by atoms with Crippen LogP contribution in [-0.4, -0.2) is 28.2 Å². The number of allylic oxidation sites excluding steroid dienone is 1. The van der Waals surface area contributed by atoms with Crippen LogP contribution in [0.4, 0.5) is 0 Å². The molecule has 0 atom stereocenters. The molecule has 0 aliphatic rings. The average Bonchev–Trinajstić information content (AvgIpc) is 4.19. The Morgan fingerprint density at radius 2 is 0.707 bits per heavy atom. The third-order valence-corrected chi connectivity index (χ3v) is 16.6. The Bertz CT molecular complexity index is 5100. The Morgan fingerprint density at radius 1 is 0.293 bits per heavy atom. The SMILES string of the molecule is C/C=C\c1c(C)n(-c2cc(-c3ccccc3)nc(-c3ccccc3)c2)c2cc3c4ccccc4n(-c4cccc(-n5c6ccccc6c6c5ccc5c7ccccc7n(-c7cc(-c8ccccc8)nc(-c8ccccc8)c7)c56)c4)c3cc12. The van der Waals surface area contributed by atoms with Gasteiger partial charge in [0.05, 0.1) is 72.8 Å². The zero-order valence-corrected chi connectivity index (χ0v) is 45.2. The summed E-state index contributed by atoms with van der Waals surface area (Å²) in [7, 11) is 0. The van der Waals surface area contributed by atoms with Crippen molar-refractivity contribution in [1.29, 1.82) is 0 Å². The van der Waals surface area contributed by atoms with E-state index in [1.807, 2.05) is 0 Å². The molecule has 10 aromatic carbocycles. The lowest BCUT2D eigenvalue weighted by molar-refractivity contribution is 1.04. The Hall–Kier alpha value is -10.8. The predicted molar refractivity (Wildman–Crippen MR) is 343 cm³/mol. The molecule has 0 saturated carbocycles. The highest BCUT2D eigenvalue weighted by Gasteiger charge is 2.24. The highest BCUT2D eigenvalue weighted by molar-refractivity contribution is 6.26. The summed E-state index contributed by atoms with van der Waals surface area (Å²) >= 11 is 0. The van der Waals surface area contributed by atoms with Gasteiger partial charge in [-0.1, -0.05) is 200 Å². The van der Waals surface area contributed by atoms with Gasteiger partial charge in [-0.05, 0) is 92.7 Å². The van der Waals surface area contributed by atoms with Gasteiger partial charge in [0.25, 0.3) is 0 Å². The number of para-hydroxylation sites is 3. The monoisotopic (exact) mass is 1050 g/mol. The first-order chi connectivity index (χ1) is 40.6. The lowest BCUT2D eigenvalue weighted by Gasteiger charge is -2.14. The van der Waals surface area contributed by atoms with Crippen molar-refractivity contribution in [2.45, 2.75) is 13.8 Å². The van der Waals surface area contributed by atoms with Crippen LogP contribution in [0.3, 0.4) is 0 Å². The molecule has 0 fully saturated rings. The molecule has 0 amide bonds. The van der Waals surface area contributed by atoms with Crippen molar-refractivity contribution in [2.24, 2.45) is 0 Å². The molecule has 0 bridgehead atoms. The largest absolute Gasteiger partial charge is 0.313 e. The number of pyridine rings is 2. The molecular formula is C76H52N6. The maximum Gasteiger partial charge on any atom is 0.0730 e. The third kappa shape index (κ3) is 7.42. The highest BCUT2D eigenvalue weighted by atomic mass is 15.0. The summed E-state index contributed by atoms with van der Waals surface area (Å²) in [6, 6.07) is 96.4. The quantitative estimate of drug-likeness (QED) is 0.145. The first-order valence-electron chi connectivity index (χ1n) is 28.1. The molecule has 16 aromatic rings. The van der Waals surface area contributed by atoms with Crippen molar-refractivity contribution in [3.05, 3.63) is 284 Å². The van der Waals surface area contributed by atoms with Gasteiger partial charge in [0, 0.05) is 82.6 Å². The lowest BCUT2D eigenvalue weighted by atomic mass is 10.1. The van der Waals surface area contributed by atoms with Crippen molar-refractivity contribution < 1.29 is 0 Å². The first kappa shape index (κ1) is 47.2. The fourth-order valence-corrected chi connectivity index (χ4v) is 13.0. The molecule has 386 valence electrons. The molecule has 0 aliphatic carbocycles. The maximum atomic E-state index is 5.31. The second-order valence-corrected chi connectivity index (χ2v) is 21.3. The van der Waals surface area contributed by atoms with Gasteiger partial charge < -0.3 is 18.3 Å². The van der Waals surface area contributed by atoms with Crippen LogP contribution in [0.5, 0.6) is 0 Å². The van der Waals surface area contributed by atoms with Crippen LogP contribution in [0.25, 0.3) is 150 Å². The number of hydrogen-bond acceptors (Lipinski definition) is 2. The zero-order chi connectivity index (χ0) is 54.4. The van der Waals surface area contributed by atoms with Crippen LogP contribution in [0, 0.1) is 6.92 Å². The lowest BCUT2D eigenvalue weighted by Crippen LogP contribution is -2.00. The van der Waals surface area contributed by atoms with Crippen molar-refractivity contribution in [2.75, 3.05) is 0 Å². The van der Waals surface area contributed by atoms with Crippen LogP contribution in [-0.2, 0) is 0 Å². The standard InChI is InChI=1S/C76H52N6/c1-3-23-58-49(2)79(56-43-65(50-24-8-4-9-25-50)77-66(44-56)51-26-10-5-11-27-51)73-48-64-60-35-17-19-37-69(60)81(74(64)47-63(58)73)55-33-22-32-54(42-55)80-71-39-21-18-36-62(71)75-72(80)41-40-61-59-34-16-20-38-70(59)82(76(61)75)57-45-67(52-28-12-6-13-29-52)78-68(46-57)53-30-14-7-15-31-53/h3-48H,1-2H3/b23-3-. The van der Waals surface area contributed by atoms with E-state index in [0.717, 1.165) is 101 Å². The molecular weight excluding hydrogens is 997 g/mol. The minimum absolute atomic E-state index is 0.925. The summed E-state index contributed by atoms with van der Waals surface area (Å²) in [5.41, 5.74) is 22.7. The Labute approximate surface area is 474 Å². The summed E-state index contributed by atoms with van der Waals surface area (Å²) < 4.78 is 9.86. The fourth-order valence-electron chi connectivity index (χ4n) is 13.0. The summed E-state index contributed by atoms with van der Waals surface area (Å²) in [6.45, 7) is 4.36. The zero-order valence-electron chi connectivity index (χ0n) is 45.2. The van der Waals surface area contributed by atoms with Gasteiger partial charge in [-0.3, -0.25) is 0 Å². The number of benzene rings is 10. The van der Waals surface area contributed by atoms with Crippen LogP contribution in [0.15, 0.2) is 273 Å². The van der Waals surface area contributed by atoms with E-state index in [4.69, 9.17) is 9.97 Å². The Kier molecular flexibility index (Phi) is 10.9. The second kappa shape index (κ2) is 18.9. The van der Waals surface area contributed by atoms with E-state index in [0.29, 0.717) is 0 Å². The van der Waals surface area contributed by atoms with Crippen LogP contribution < -0.4 is 0 Å². The first-order valence-corrected chi connectivity index (χ1v) is 28.1. The number of rotatable bonds is 9. The van der Waals surface area contributed by atoms with Crippen molar-refractivity contribution in [3.8, 4) is 67.8 Å². The molecule has 0 spiro atoms. The van der Waals surface area contributed by atoms with E-state index in [1.165, 1.54) is 54.5 Å². The van der Waals surface area contributed by atoms with Gasteiger partial charge in [-0.2, -0.15) is 0 Å². The van der Waals surface area contributed by atoms with E-state index >= 15 is 0 Å². The summed E-state index contributed by atoms with van der Waals surface area (Å²) in [5.74, 6) is 0. The molecule has 6 heteroatoms. The molecule has 6 heterocycles. The molecule has 6 aromatic heterocycles. The number of aromatic nitrogens is 6. The summed E-state index contributed by atoms with van der Waals surface area (Å²) in [5, 5.41) is 8.37. The molecule has 0 N–H and O–H groups in total. The van der Waals surface area contributed by atoms with Crippen molar-refractivity contribution in [1.82, 2.24) is 28.2 Å². The average molecular weight is 1050 g/mol.